The van der Waals surface area contributed by atoms with Crippen molar-refractivity contribution < 1.29 is 17.9 Å². The molecule has 2 aromatic rings. The Kier molecular flexibility index (Phi) is 6.99. The maximum atomic E-state index is 12.8. The van der Waals surface area contributed by atoms with Crippen molar-refractivity contribution in [2.24, 2.45) is 4.99 Å². The molecule has 0 N–H and O–H groups in total. The van der Waals surface area contributed by atoms with Gasteiger partial charge in [0, 0.05) is 29.7 Å². The maximum Gasteiger partial charge on any atom is 0.252 e. The number of fused-ring (bicyclic) bond motifs is 1. The Bertz CT molecular complexity index is 1130. The normalized spacial score (nSPS) is 22.4. The van der Waals surface area contributed by atoms with E-state index in [1.54, 1.807) is 7.11 Å². The van der Waals surface area contributed by atoms with Gasteiger partial charge in [-0.2, -0.15) is 4.99 Å². The number of thioether (sulfide) groups is 1. The molecule has 2 atom stereocenters. The number of amides is 1. The molecule has 0 saturated carbocycles. The quantitative estimate of drug-likeness (QED) is 0.592. The molecule has 0 bridgehead atoms. The zero-order valence-electron chi connectivity index (χ0n) is 19.1. The molecule has 9 heteroatoms. The Labute approximate surface area is 199 Å². The van der Waals surface area contributed by atoms with E-state index >= 15 is 0 Å². The van der Waals surface area contributed by atoms with Gasteiger partial charge in [0.05, 0.1) is 31.1 Å². The van der Waals surface area contributed by atoms with E-state index in [4.69, 9.17) is 4.74 Å². The SMILES string of the molecule is CCN(CC)c1ccc(N2C(=NC(=O)Cc3ccc(OC)cc3)S[C@H]3CS(=O)(=O)C[C@H]32)cc1. The summed E-state index contributed by atoms with van der Waals surface area (Å²) in [4.78, 5) is 21.4. The summed E-state index contributed by atoms with van der Waals surface area (Å²) in [6.45, 7) is 6.04. The lowest BCUT2D eigenvalue weighted by Gasteiger charge is -2.26. The number of hydrogen-bond acceptors (Lipinski definition) is 6. The smallest absolute Gasteiger partial charge is 0.252 e. The van der Waals surface area contributed by atoms with Gasteiger partial charge in [0.1, 0.15) is 5.75 Å². The molecule has 0 aromatic heterocycles. The second kappa shape index (κ2) is 9.77. The van der Waals surface area contributed by atoms with Crippen LogP contribution in [0.4, 0.5) is 11.4 Å². The number of nitrogens with zero attached hydrogens (tertiary/aromatic N) is 3. The van der Waals surface area contributed by atoms with E-state index in [0.29, 0.717) is 5.17 Å². The highest BCUT2D eigenvalue weighted by Gasteiger charge is 2.49. The second-order valence-electron chi connectivity index (χ2n) is 8.17. The summed E-state index contributed by atoms with van der Waals surface area (Å²) in [5, 5.41) is 0.457. The number of hydrogen-bond donors (Lipinski definition) is 0. The van der Waals surface area contributed by atoms with Crippen molar-refractivity contribution in [3.05, 3.63) is 54.1 Å². The molecule has 176 valence electrons. The summed E-state index contributed by atoms with van der Waals surface area (Å²) >= 11 is 1.40. The van der Waals surface area contributed by atoms with Crippen LogP contribution in [0.25, 0.3) is 0 Å². The van der Waals surface area contributed by atoms with Crippen molar-refractivity contribution in [2.75, 3.05) is 41.5 Å². The Balaban J connectivity index is 1.60. The molecule has 0 unspecified atom stereocenters. The molecule has 1 amide bonds. The number of amidine groups is 1. The third kappa shape index (κ3) is 5.19. The number of methoxy groups -OCH3 is 1. The van der Waals surface area contributed by atoms with Crippen LogP contribution in [0.2, 0.25) is 0 Å². The van der Waals surface area contributed by atoms with E-state index in [-0.39, 0.29) is 35.1 Å². The number of benzene rings is 2. The van der Waals surface area contributed by atoms with Gasteiger partial charge in [-0.25, -0.2) is 8.42 Å². The van der Waals surface area contributed by atoms with Crippen LogP contribution in [0.1, 0.15) is 19.4 Å². The van der Waals surface area contributed by atoms with Crippen molar-refractivity contribution in [3.8, 4) is 5.75 Å². The van der Waals surface area contributed by atoms with E-state index in [2.05, 4.69) is 23.7 Å². The summed E-state index contributed by atoms with van der Waals surface area (Å²) in [6.07, 6.45) is 0.177. The lowest BCUT2D eigenvalue weighted by Crippen LogP contribution is -2.37. The van der Waals surface area contributed by atoms with Gasteiger partial charge in [-0.1, -0.05) is 23.9 Å². The zero-order chi connectivity index (χ0) is 23.6. The van der Waals surface area contributed by atoms with Gasteiger partial charge in [-0.3, -0.25) is 4.79 Å². The van der Waals surface area contributed by atoms with Crippen molar-refractivity contribution >= 4 is 44.0 Å². The van der Waals surface area contributed by atoms with Crippen molar-refractivity contribution in [1.29, 1.82) is 0 Å². The van der Waals surface area contributed by atoms with Crippen LogP contribution in [0.15, 0.2) is 53.5 Å². The average Bonchev–Trinajstić information content (AvgIpc) is 3.26. The van der Waals surface area contributed by atoms with Crippen LogP contribution in [0.3, 0.4) is 0 Å². The number of anilines is 2. The third-order valence-corrected chi connectivity index (χ3v) is 9.27. The largest absolute Gasteiger partial charge is 0.497 e. The van der Waals surface area contributed by atoms with E-state index in [1.165, 1.54) is 11.8 Å². The first-order valence-electron chi connectivity index (χ1n) is 11.1. The highest BCUT2D eigenvalue weighted by Crippen LogP contribution is 2.41. The van der Waals surface area contributed by atoms with E-state index in [1.807, 2.05) is 53.4 Å². The number of aliphatic imine (C=N–C) groups is 1. The molecular weight excluding hydrogens is 458 g/mol. The monoisotopic (exact) mass is 487 g/mol. The molecule has 33 heavy (non-hydrogen) atoms. The van der Waals surface area contributed by atoms with Crippen LogP contribution < -0.4 is 14.5 Å². The first-order valence-corrected chi connectivity index (χ1v) is 13.8. The van der Waals surface area contributed by atoms with Gasteiger partial charge in [-0.15, -0.1) is 0 Å². The summed E-state index contributed by atoms with van der Waals surface area (Å²) in [7, 11) is -1.50. The summed E-state index contributed by atoms with van der Waals surface area (Å²) in [5.41, 5.74) is 2.82. The number of carbonyl (C=O) groups is 1. The van der Waals surface area contributed by atoms with Gasteiger partial charge in [-0.05, 0) is 55.8 Å². The minimum Gasteiger partial charge on any atom is -0.497 e. The van der Waals surface area contributed by atoms with Gasteiger partial charge in [0.25, 0.3) is 5.91 Å². The standard InChI is InChI=1S/C24H29N3O4S2/c1-4-26(5-2)18-8-10-19(11-9-18)27-21-15-33(29,30)16-22(21)32-24(27)25-23(28)14-17-6-12-20(31-3)13-7-17/h6-13,21-22H,4-5,14-16H2,1-3H3/t21-,22+/m1/s1. The fourth-order valence-corrected chi connectivity index (χ4v) is 8.27. The Morgan fingerprint density at radius 3 is 2.36 bits per heavy atom. The predicted octanol–water partition coefficient (Wildman–Crippen LogP) is 3.39. The molecule has 4 rings (SSSR count). The Hall–Kier alpha value is -2.52. The summed E-state index contributed by atoms with van der Waals surface area (Å²) in [6, 6.07) is 15.2. The van der Waals surface area contributed by atoms with Gasteiger partial charge >= 0.3 is 0 Å². The van der Waals surface area contributed by atoms with Gasteiger partial charge in [0.15, 0.2) is 15.0 Å². The van der Waals surface area contributed by atoms with Crippen LogP contribution in [0.5, 0.6) is 5.75 Å². The average molecular weight is 488 g/mol. The highest BCUT2D eigenvalue weighted by atomic mass is 32.2. The molecular formula is C24H29N3O4S2. The summed E-state index contributed by atoms with van der Waals surface area (Å²) in [5.74, 6) is 0.670. The molecule has 2 aliphatic rings. The predicted molar refractivity (Wildman–Crippen MR) is 135 cm³/mol. The lowest BCUT2D eigenvalue weighted by molar-refractivity contribution is -0.117. The molecule has 0 radical (unpaired) electrons. The number of carbonyl (C=O) groups excluding carboxylic acids is 1. The third-order valence-electron chi connectivity index (χ3n) is 6.06. The van der Waals surface area contributed by atoms with E-state index in [0.717, 1.165) is 35.8 Å². The highest BCUT2D eigenvalue weighted by molar-refractivity contribution is 8.16. The molecule has 2 aliphatic heterocycles. The second-order valence-corrected chi connectivity index (χ2v) is 11.5. The molecule has 2 saturated heterocycles. The van der Waals surface area contributed by atoms with E-state index in [9.17, 15) is 13.2 Å². The number of rotatable bonds is 7. The van der Waals surface area contributed by atoms with Crippen LogP contribution >= 0.6 is 11.8 Å². The maximum absolute atomic E-state index is 12.8. The van der Waals surface area contributed by atoms with Gasteiger partial charge in [0.2, 0.25) is 0 Å². The lowest BCUT2D eigenvalue weighted by atomic mass is 10.1. The van der Waals surface area contributed by atoms with Crippen molar-refractivity contribution in [1.82, 2.24) is 0 Å². The topological polar surface area (TPSA) is 79.3 Å². The summed E-state index contributed by atoms with van der Waals surface area (Å²) < 4.78 is 29.8. The Morgan fingerprint density at radius 1 is 1.09 bits per heavy atom. The molecule has 7 nitrogen and oxygen atoms in total. The van der Waals surface area contributed by atoms with Crippen LogP contribution in [-0.4, -0.2) is 62.5 Å². The first kappa shape index (κ1) is 23.6. The van der Waals surface area contributed by atoms with Crippen LogP contribution in [0, 0.1) is 0 Å². The number of ether oxygens (including phenoxy) is 1. The molecule has 2 aromatic carbocycles. The Morgan fingerprint density at radius 2 is 1.76 bits per heavy atom. The number of sulfone groups is 1. The fourth-order valence-electron chi connectivity index (χ4n) is 4.34. The van der Waals surface area contributed by atoms with Crippen LogP contribution in [-0.2, 0) is 21.1 Å². The zero-order valence-corrected chi connectivity index (χ0v) is 20.7. The molecule has 0 spiro atoms. The molecule has 2 heterocycles. The van der Waals surface area contributed by atoms with Crippen molar-refractivity contribution in [2.45, 2.75) is 31.6 Å². The van der Waals surface area contributed by atoms with Crippen molar-refractivity contribution in [3.63, 3.8) is 0 Å². The van der Waals surface area contributed by atoms with E-state index < -0.39 is 9.84 Å². The first-order chi connectivity index (χ1) is 15.8. The minimum absolute atomic E-state index is 0.0775. The fraction of sp³-hybridized carbons (Fsp3) is 0.417. The van der Waals surface area contributed by atoms with Gasteiger partial charge < -0.3 is 14.5 Å². The molecule has 2 fully saturated rings. The molecule has 0 aliphatic carbocycles. The minimum atomic E-state index is -3.11.